The molecule has 1 saturated carbocycles. The molecule has 2 aromatic carbocycles. The fourth-order valence-electron chi connectivity index (χ4n) is 3.88. The molecule has 1 aliphatic rings. The smallest absolute Gasteiger partial charge is 0.182 e. The van der Waals surface area contributed by atoms with Crippen molar-refractivity contribution in [2.45, 2.75) is 23.0 Å². The van der Waals surface area contributed by atoms with Gasteiger partial charge in [0.05, 0.1) is 23.9 Å². The van der Waals surface area contributed by atoms with Crippen LogP contribution in [-0.2, 0) is 14.6 Å². The predicted molar refractivity (Wildman–Crippen MR) is 101 cm³/mol. The van der Waals surface area contributed by atoms with Crippen LogP contribution < -0.4 is 10.5 Å². The molecular weight excluding hydrogens is 350 g/mol. The monoisotopic (exact) mass is 375 g/mol. The summed E-state index contributed by atoms with van der Waals surface area (Å²) < 4.78 is 37.2. The molecule has 1 aliphatic carbocycles. The van der Waals surface area contributed by atoms with Crippen LogP contribution >= 0.6 is 0 Å². The van der Waals surface area contributed by atoms with E-state index in [1.165, 1.54) is 0 Å². The van der Waals surface area contributed by atoms with Crippen LogP contribution in [0.25, 0.3) is 0 Å². The highest BCUT2D eigenvalue weighted by molar-refractivity contribution is 7.92. The second-order valence-corrected chi connectivity index (χ2v) is 8.97. The SMILES string of the molecule is COCC1(CN)C(c2ccc(OC)cc2)C1S(=O)(=O)c1ccc(C)cc1. The Morgan fingerprint density at radius 2 is 1.65 bits per heavy atom. The summed E-state index contributed by atoms with van der Waals surface area (Å²) in [6.45, 7) is 2.48. The number of rotatable bonds is 7. The highest BCUT2D eigenvalue weighted by atomic mass is 32.2. The molecule has 26 heavy (non-hydrogen) atoms. The summed E-state index contributed by atoms with van der Waals surface area (Å²) in [5, 5.41) is -0.601. The molecular formula is C20H25NO4S. The van der Waals surface area contributed by atoms with Gasteiger partial charge in [0.15, 0.2) is 9.84 Å². The number of ether oxygens (including phenoxy) is 2. The van der Waals surface area contributed by atoms with E-state index in [1.54, 1.807) is 26.4 Å². The molecule has 0 heterocycles. The van der Waals surface area contributed by atoms with Crippen LogP contribution in [0.3, 0.4) is 0 Å². The third-order valence-corrected chi connectivity index (χ3v) is 7.67. The first-order valence-corrected chi connectivity index (χ1v) is 10.1. The van der Waals surface area contributed by atoms with Crippen LogP contribution in [0.4, 0.5) is 0 Å². The van der Waals surface area contributed by atoms with Crippen molar-refractivity contribution in [2.75, 3.05) is 27.4 Å². The zero-order valence-electron chi connectivity index (χ0n) is 15.3. The molecule has 0 aliphatic heterocycles. The van der Waals surface area contributed by atoms with E-state index < -0.39 is 20.5 Å². The lowest BCUT2D eigenvalue weighted by molar-refractivity contribution is 0.142. The molecule has 3 rings (SSSR count). The van der Waals surface area contributed by atoms with E-state index in [-0.39, 0.29) is 12.5 Å². The van der Waals surface area contributed by atoms with Crippen molar-refractivity contribution < 1.29 is 17.9 Å². The lowest BCUT2D eigenvalue weighted by Crippen LogP contribution is -2.28. The van der Waals surface area contributed by atoms with Gasteiger partial charge >= 0.3 is 0 Å². The van der Waals surface area contributed by atoms with Crippen molar-refractivity contribution in [3.63, 3.8) is 0 Å². The van der Waals surface area contributed by atoms with Gasteiger partial charge in [0, 0.05) is 25.0 Å². The first-order valence-electron chi connectivity index (χ1n) is 8.54. The van der Waals surface area contributed by atoms with Crippen LogP contribution in [0.5, 0.6) is 5.75 Å². The van der Waals surface area contributed by atoms with Gasteiger partial charge in [-0.3, -0.25) is 0 Å². The third kappa shape index (κ3) is 3.02. The van der Waals surface area contributed by atoms with Gasteiger partial charge in [-0.05, 0) is 36.8 Å². The van der Waals surface area contributed by atoms with Crippen molar-refractivity contribution in [2.24, 2.45) is 11.1 Å². The average molecular weight is 375 g/mol. The van der Waals surface area contributed by atoms with Crippen molar-refractivity contribution in [1.29, 1.82) is 0 Å². The summed E-state index contributed by atoms with van der Waals surface area (Å²) in [6.07, 6.45) is 0. The number of methoxy groups -OCH3 is 2. The zero-order chi connectivity index (χ0) is 18.9. The fourth-order valence-corrected chi connectivity index (χ4v) is 6.32. The van der Waals surface area contributed by atoms with Crippen LogP contribution in [0.1, 0.15) is 17.0 Å². The molecule has 1 fully saturated rings. The molecule has 3 atom stereocenters. The number of sulfone groups is 1. The molecule has 0 spiro atoms. The first kappa shape index (κ1) is 18.9. The van der Waals surface area contributed by atoms with E-state index in [0.717, 1.165) is 16.9 Å². The number of hydrogen-bond acceptors (Lipinski definition) is 5. The minimum absolute atomic E-state index is 0.204. The van der Waals surface area contributed by atoms with E-state index in [0.29, 0.717) is 11.5 Å². The summed E-state index contributed by atoms with van der Waals surface area (Å²) in [7, 11) is -0.346. The molecule has 0 radical (unpaired) electrons. The van der Waals surface area contributed by atoms with Crippen LogP contribution in [-0.4, -0.2) is 41.0 Å². The van der Waals surface area contributed by atoms with Gasteiger partial charge in [-0.2, -0.15) is 0 Å². The molecule has 0 aromatic heterocycles. The molecule has 2 N–H and O–H groups in total. The number of nitrogens with two attached hydrogens (primary N) is 1. The van der Waals surface area contributed by atoms with E-state index in [4.69, 9.17) is 15.2 Å². The first-order chi connectivity index (χ1) is 12.4. The molecule has 2 aromatic rings. The van der Waals surface area contributed by atoms with Crippen LogP contribution in [0, 0.1) is 12.3 Å². The summed E-state index contributed by atoms with van der Waals surface area (Å²) in [5.74, 6) is 0.530. The maximum atomic E-state index is 13.3. The Morgan fingerprint density at radius 1 is 1.04 bits per heavy atom. The summed E-state index contributed by atoms with van der Waals surface area (Å²) in [6, 6.07) is 14.5. The van der Waals surface area contributed by atoms with Gasteiger partial charge in [-0.25, -0.2) is 8.42 Å². The highest BCUT2D eigenvalue weighted by Gasteiger charge is 2.70. The second-order valence-electron chi connectivity index (χ2n) is 6.90. The van der Waals surface area contributed by atoms with E-state index in [1.807, 2.05) is 43.3 Å². The van der Waals surface area contributed by atoms with Crippen molar-refractivity contribution in [3.05, 3.63) is 59.7 Å². The van der Waals surface area contributed by atoms with Gasteiger partial charge in [-0.1, -0.05) is 29.8 Å². The molecule has 5 nitrogen and oxygen atoms in total. The molecule has 140 valence electrons. The summed E-state index contributed by atoms with van der Waals surface area (Å²) in [5.41, 5.74) is 7.40. The van der Waals surface area contributed by atoms with E-state index in [9.17, 15) is 8.42 Å². The molecule has 0 saturated heterocycles. The minimum Gasteiger partial charge on any atom is -0.497 e. The molecule has 6 heteroatoms. The summed E-state index contributed by atoms with van der Waals surface area (Å²) >= 11 is 0. The lowest BCUT2D eigenvalue weighted by atomic mass is 10.00. The fraction of sp³-hybridized carbons (Fsp3) is 0.400. The van der Waals surface area contributed by atoms with Gasteiger partial charge in [0.1, 0.15) is 5.75 Å². The topological polar surface area (TPSA) is 78.6 Å². The molecule has 3 unspecified atom stereocenters. The second kappa shape index (κ2) is 7.02. The third-order valence-electron chi connectivity index (χ3n) is 5.33. The standard InChI is InChI=1S/C20H25NO4S/c1-14-4-10-17(11-5-14)26(22,23)19-18(20(19,12-21)13-24-2)15-6-8-16(25-3)9-7-15/h4-11,18-19H,12-13,21H2,1-3H3. The summed E-state index contributed by atoms with van der Waals surface area (Å²) in [4.78, 5) is 0.332. The highest BCUT2D eigenvalue weighted by Crippen LogP contribution is 2.63. The van der Waals surface area contributed by atoms with Gasteiger partial charge in [0.25, 0.3) is 0 Å². The maximum absolute atomic E-state index is 13.3. The predicted octanol–water partition coefficient (Wildman–Crippen LogP) is 2.53. The minimum atomic E-state index is -3.53. The molecule has 0 amide bonds. The Hall–Kier alpha value is -1.89. The van der Waals surface area contributed by atoms with Crippen LogP contribution in [0.15, 0.2) is 53.4 Å². The Balaban J connectivity index is 2.03. The van der Waals surface area contributed by atoms with Crippen molar-refractivity contribution in [1.82, 2.24) is 0 Å². The van der Waals surface area contributed by atoms with E-state index in [2.05, 4.69) is 0 Å². The van der Waals surface area contributed by atoms with Crippen LogP contribution in [0.2, 0.25) is 0 Å². The van der Waals surface area contributed by atoms with Crippen molar-refractivity contribution >= 4 is 9.84 Å². The Kier molecular flexibility index (Phi) is 5.10. The largest absolute Gasteiger partial charge is 0.497 e. The average Bonchev–Trinajstić information content (AvgIpc) is 3.32. The maximum Gasteiger partial charge on any atom is 0.182 e. The normalized spacial score (nSPS) is 25.1. The number of hydrogen-bond donors (Lipinski definition) is 1. The quantitative estimate of drug-likeness (QED) is 0.805. The Labute approximate surface area is 155 Å². The lowest BCUT2D eigenvalue weighted by Gasteiger charge is -2.15. The number of aryl methyl sites for hydroxylation is 1. The van der Waals surface area contributed by atoms with E-state index >= 15 is 0 Å². The zero-order valence-corrected chi connectivity index (χ0v) is 16.1. The Morgan fingerprint density at radius 3 is 2.15 bits per heavy atom. The Bertz CT molecular complexity index is 862. The molecule has 0 bridgehead atoms. The van der Waals surface area contributed by atoms with Gasteiger partial charge < -0.3 is 15.2 Å². The van der Waals surface area contributed by atoms with Gasteiger partial charge in [-0.15, -0.1) is 0 Å². The van der Waals surface area contributed by atoms with Crippen molar-refractivity contribution in [3.8, 4) is 5.75 Å². The van der Waals surface area contributed by atoms with Gasteiger partial charge in [0.2, 0.25) is 0 Å². The number of benzene rings is 2.